The van der Waals surface area contributed by atoms with E-state index in [-0.39, 0.29) is 5.91 Å². The van der Waals surface area contributed by atoms with E-state index in [0.29, 0.717) is 21.4 Å². The molecule has 6 heteroatoms. The summed E-state index contributed by atoms with van der Waals surface area (Å²) < 4.78 is 0. The molecule has 0 unspecified atom stereocenters. The van der Waals surface area contributed by atoms with Crippen molar-refractivity contribution in [1.82, 2.24) is 9.97 Å². The summed E-state index contributed by atoms with van der Waals surface area (Å²) in [5, 5.41) is 5.32. The average molecular weight is 330 g/mol. The lowest BCUT2D eigenvalue weighted by molar-refractivity contribution is 0.103. The highest BCUT2D eigenvalue weighted by Gasteiger charge is 2.11. The Morgan fingerprint density at radius 3 is 2.64 bits per heavy atom. The first kappa shape index (κ1) is 14.7. The molecule has 1 aromatic carbocycles. The number of rotatable bonds is 3. The Kier molecular flexibility index (Phi) is 4.18. The first-order valence-corrected chi connectivity index (χ1v) is 7.82. The highest BCUT2D eigenvalue weighted by molar-refractivity contribution is 7.12. The van der Waals surface area contributed by atoms with Crippen LogP contribution in [0, 0.1) is 6.92 Å². The van der Waals surface area contributed by atoms with Crippen molar-refractivity contribution in [3.05, 3.63) is 63.6 Å². The van der Waals surface area contributed by atoms with Gasteiger partial charge in [0.1, 0.15) is 0 Å². The van der Waals surface area contributed by atoms with E-state index in [1.807, 2.05) is 30.5 Å². The number of carbonyl (C=O) groups excluding carboxylic acids is 1. The van der Waals surface area contributed by atoms with Gasteiger partial charge in [-0.15, -0.1) is 11.3 Å². The number of anilines is 1. The number of nitrogens with one attached hydrogen (secondary N) is 1. The average Bonchev–Trinajstić information content (AvgIpc) is 2.94. The predicted molar refractivity (Wildman–Crippen MR) is 89.5 cm³/mol. The minimum Gasteiger partial charge on any atom is -0.319 e. The van der Waals surface area contributed by atoms with Crippen molar-refractivity contribution in [3.8, 4) is 11.4 Å². The van der Waals surface area contributed by atoms with Crippen LogP contribution in [0.1, 0.15) is 15.2 Å². The Bertz CT molecular complexity index is 814. The van der Waals surface area contributed by atoms with Gasteiger partial charge in [0.15, 0.2) is 5.82 Å². The Morgan fingerprint density at radius 2 is 2.00 bits per heavy atom. The van der Waals surface area contributed by atoms with Gasteiger partial charge < -0.3 is 5.32 Å². The molecule has 2 heterocycles. The zero-order chi connectivity index (χ0) is 15.5. The Morgan fingerprint density at radius 1 is 1.23 bits per heavy atom. The monoisotopic (exact) mass is 329 g/mol. The smallest absolute Gasteiger partial charge is 0.266 e. The molecule has 0 saturated carbocycles. The molecule has 0 aliphatic rings. The summed E-state index contributed by atoms with van der Waals surface area (Å²) >= 11 is 7.37. The van der Waals surface area contributed by atoms with Gasteiger partial charge in [0.05, 0.1) is 23.0 Å². The van der Waals surface area contributed by atoms with E-state index in [4.69, 9.17) is 11.6 Å². The van der Waals surface area contributed by atoms with E-state index in [2.05, 4.69) is 15.3 Å². The zero-order valence-corrected chi connectivity index (χ0v) is 13.3. The van der Waals surface area contributed by atoms with Crippen molar-refractivity contribution in [2.24, 2.45) is 0 Å². The molecule has 0 aliphatic carbocycles. The Balaban J connectivity index is 1.77. The van der Waals surface area contributed by atoms with Crippen LogP contribution in [-0.2, 0) is 0 Å². The van der Waals surface area contributed by atoms with Crippen molar-refractivity contribution in [1.29, 1.82) is 0 Å². The topological polar surface area (TPSA) is 54.9 Å². The van der Waals surface area contributed by atoms with Gasteiger partial charge in [-0.25, -0.2) is 9.97 Å². The molecule has 1 amide bonds. The summed E-state index contributed by atoms with van der Waals surface area (Å²) in [4.78, 5) is 21.3. The summed E-state index contributed by atoms with van der Waals surface area (Å²) in [5.41, 5.74) is 2.35. The van der Waals surface area contributed by atoms with Crippen LogP contribution >= 0.6 is 22.9 Å². The van der Waals surface area contributed by atoms with E-state index < -0.39 is 0 Å². The zero-order valence-electron chi connectivity index (χ0n) is 11.7. The summed E-state index contributed by atoms with van der Waals surface area (Å²) in [6.07, 6.45) is 3.17. The molecule has 0 saturated heterocycles. The lowest BCUT2D eigenvalue weighted by Crippen LogP contribution is -2.11. The molecule has 110 valence electrons. The second-order valence-corrected chi connectivity index (χ2v) is 6.05. The van der Waals surface area contributed by atoms with Crippen LogP contribution in [0.15, 0.2) is 48.1 Å². The van der Waals surface area contributed by atoms with Crippen LogP contribution < -0.4 is 5.32 Å². The molecule has 0 radical (unpaired) electrons. The number of carbonyl (C=O) groups is 1. The van der Waals surface area contributed by atoms with Crippen LogP contribution in [0.4, 0.5) is 5.69 Å². The molecule has 0 spiro atoms. The van der Waals surface area contributed by atoms with Crippen LogP contribution in [-0.4, -0.2) is 15.9 Å². The normalized spacial score (nSPS) is 10.5. The number of amides is 1. The van der Waals surface area contributed by atoms with Gasteiger partial charge in [-0.3, -0.25) is 4.79 Å². The summed E-state index contributed by atoms with van der Waals surface area (Å²) in [7, 11) is 0. The minimum atomic E-state index is -0.147. The molecule has 0 fully saturated rings. The van der Waals surface area contributed by atoms with Crippen molar-refractivity contribution < 1.29 is 4.79 Å². The molecule has 0 atom stereocenters. The first-order valence-electron chi connectivity index (χ1n) is 6.57. The lowest BCUT2D eigenvalue weighted by Gasteiger charge is -2.05. The third-order valence-corrected chi connectivity index (χ3v) is 4.31. The van der Waals surface area contributed by atoms with Gasteiger partial charge in [-0.2, -0.15) is 0 Å². The van der Waals surface area contributed by atoms with E-state index in [9.17, 15) is 4.79 Å². The van der Waals surface area contributed by atoms with Crippen LogP contribution in [0.5, 0.6) is 0 Å². The maximum atomic E-state index is 12.1. The largest absolute Gasteiger partial charge is 0.319 e. The second kappa shape index (κ2) is 6.25. The second-order valence-electron chi connectivity index (χ2n) is 4.69. The first-order chi connectivity index (χ1) is 10.6. The van der Waals surface area contributed by atoms with Gasteiger partial charge in [0.2, 0.25) is 0 Å². The minimum absolute atomic E-state index is 0.147. The fourth-order valence-corrected chi connectivity index (χ4v) is 2.97. The summed E-state index contributed by atoms with van der Waals surface area (Å²) in [5.74, 6) is 0.416. The molecule has 3 rings (SSSR count). The van der Waals surface area contributed by atoms with Crippen LogP contribution in [0.3, 0.4) is 0 Å². The fraction of sp³-hybridized carbons (Fsp3) is 0.0625. The van der Waals surface area contributed by atoms with Gasteiger partial charge in [-0.05, 0) is 36.1 Å². The van der Waals surface area contributed by atoms with Gasteiger partial charge in [0.25, 0.3) is 5.91 Å². The van der Waals surface area contributed by atoms with Crippen molar-refractivity contribution in [2.45, 2.75) is 6.92 Å². The molecule has 0 aliphatic heterocycles. The number of halogens is 1. The standard InChI is InChI=1S/C16H12ClN3OS/c1-10-5-6-22-14(10)16(21)20-13-8-18-15(19-9-13)11-3-2-4-12(17)7-11/h2-9H,1H3,(H,20,21). The molecule has 0 bridgehead atoms. The quantitative estimate of drug-likeness (QED) is 0.774. The molecule has 22 heavy (non-hydrogen) atoms. The lowest BCUT2D eigenvalue weighted by atomic mass is 10.2. The van der Waals surface area contributed by atoms with Crippen molar-refractivity contribution in [3.63, 3.8) is 0 Å². The Labute approximate surface area is 136 Å². The van der Waals surface area contributed by atoms with Crippen LogP contribution in [0.25, 0.3) is 11.4 Å². The van der Waals surface area contributed by atoms with E-state index in [1.165, 1.54) is 11.3 Å². The molecule has 4 nitrogen and oxygen atoms in total. The van der Waals surface area contributed by atoms with Crippen molar-refractivity contribution >= 4 is 34.5 Å². The number of thiophene rings is 1. The van der Waals surface area contributed by atoms with Gasteiger partial charge in [0, 0.05) is 10.6 Å². The maximum Gasteiger partial charge on any atom is 0.266 e. The SMILES string of the molecule is Cc1ccsc1C(=O)Nc1cnc(-c2cccc(Cl)c2)nc1. The molecule has 3 aromatic rings. The molecule has 2 aromatic heterocycles. The molecular formula is C16H12ClN3OS. The number of benzene rings is 1. The fourth-order valence-electron chi connectivity index (χ4n) is 1.96. The molecule has 1 N–H and O–H groups in total. The van der Waals surface area contributed by atoms with Crippen molar-refractivity contribution in [2.75, 3.05) is 5.32 Å². The van der Waals surface area contributed by atoms with E-state index in [1.54, 1.807) is 24.5 Å². The predicted octanol–water partition coefficient (Wildman–Crippen LogP) is 4.42. The van der Waals surface area contributed by atoms with Crippen LogP contribution in [0.2, 0.25) is 5.02 Å². The third-order valence-electron chi connectivity index (χ3n) is 3.06. The highest BCUT2D eigenvalue weighted by atomic mass is 35.5. The third kappa shape index (κ3) is 3.16. The Hall–Kier alpha value is -2.24. The highest BCUT2D eigenvalue weighted by Crippen LogP contribution is 2.21. The summed E-state index contributed by atoms with van der Waals surface area (Å²) in [6, 6.07) is 9.23. The van der Waals surface area contributed by atoms with E-state index in [0.717, 1.165) is 11.1 Å². The number of hydrogen-bond acceptors (Lipinski definition) is 4. The number of aromatic nitrogens is 2. The number of hydrogen-bond donors (Lipinski definition) is 1. The van der Waals surface area contributed by atoms with Gasteiger partial charge in [-0.1, -0.05) is 23.7 Å². The summed E-state index contributed by atoms with van der Waals surface area (Å²) in [6.45, 7) is 1.91. The molecular weight excluding hydrogens is 318 g/mol. The van der Waals surface area contributed by atoms with Gasteiger partial charge >= 0.3 is 0 Å². The maximum absolute atomic E-state index is 12.1. The van der Waals surface area contributed by atoms with E-state index >= 15 is 0 Å². The number of aryl methyl sites for hydroxylation is 1. The number of nitrogens with zero attached hydrogens (tertiary/aromatic N) is 2.